The molecular formula is C21H31NO7. The Kier molecular flexibility index (Phi) is 8.94. The van der Waals surface area contributed by atoms with Gasteiger partial charge in [0.2, 0.25) is 0 Å². The van der Waals surface area contributed by atoms with E-state index >= 15 is 0 Å². The third kappa shape index (κ3) is 6.66. The van der Waals surface area contributed by atoms with Crippen molar-refractivity contribution < 1.29 is 33.3 Å². The molecule has 0 saturated carbocycles. The predicted octanol–water partition coefficient (Wildman–Crippen LogP) is 3.18. The highest BCUT2D eigenvalue weighted by atomic mass is 16.6. The fraction of sp³-hybridized carbons (Fsp3) is 0.571. The molecular weight excluding hydrogens is 378 g/mol. The van der Waals surface area contributed by atoms with Gasteiger partial charge in [0.25, 0.3) is 0 Å². The lowest BCUT2D eigenvalue weighted by Crippen LogP contribution is -2.42. The van der Waals surface area contributed by atoms with Crippen LogP contribution in [0.4, 0.5) is 4.79 Å². The van der Waals surface area contributed by atoms with Crippen LogP contribution in [0.2, 0.25) is 0 Å². The van der Waals surface area contributed by atoms with E-state index < -0.39 is 29.4 Å². The molecule has 0 spiro atoms. The molecule has 29 heavy (non-hydrogen) atoms. The summed E-state index contributed by atoms with van der Waals surface area (Å²) in [6.45, 7) is 8.60. The van der Waals surface area contributed by atoms with Gasteiger partial charge >= 0.3 is 12.1 Å². The van der Waals surface area contributed by atoms with Gasteiger partial charge < -0.3 is 23.8 Å². The first-order valence-electron chi connectivity index (χ1n) is 9.47. The second kappa shape index (κ2) is 10.7. The van der Waals surface area contributed by atoms with E-state index in [4.69, 9.17) is 18.9 Å². The monoisotopic (exact) mass is 409 g/mol. The number of esters is 1. The molecule has 0 radical (unpaired) electrons. The number of ketones is 1. The third-order valence-electron chi connectivity index (χ3n) is 3.98. The van der Waals surface area contributed by atoms with Gasteiger partial charge in [-0.2, -0.15) is 0 Å². The summed E-state index contributed by atoms with van der Waals surface area (Å²) in [4.78, 5) is 39.5. The van der Waals surface area contributed by atoms with Crippen LogP contribution in [0, 0.1) is 0 Å². The van der Waals surface area contributed by atoms with Crippen LogP contribution < -0.4 is 9.47 Å². The quantitative estimate of drug-likeness (QED) is 0.457. The van der Waals surface area contributed by atoms with Gasteiger partial charge in [-0.15, -0.1) is 0 Å². The van der Waals surface area contributed by atoms with Crippen molar-refractivity contribution in [2.45, 2.75) is 46.1 Å². The van der Waals surface area contributed by atoms with E-state index in [9.17, 15) is 14.4 Å². The summed E-state index contributed by atoms with van der Waals surface area (Å²) in [5, 5.41) is 0. The largest absolute Gasteiger partial charge is 0.496 e. The Labute approximate surface area is 172 Å². The summed E-state index contributed by atoms with van der Waals surface area (Å²) in [5.41, 5.74) is -0.443. The molecule has 162 valence electrons. The van der Waals surface area contributed by atoms with Crippen molar-refractivity contribution in [3.63, 3.8) is 0 Å². The average molecular weight is 409 g/mol. The summed E-state index contributed by atoms with van der Waals surface area (Å²) < 4.78 is 21.2. The Morgan fingerprint density at radius 3 is 2.00 bits per heavy atom. The minimum Gasteiger partial charge on any atom is -0.496 e. The SMILES string of the molecule is CCOC(=O)C(C(=O)CN(CC)C(=O)OC(C)(C)C)c1c(OC)cccc1OC. The third-order valence-corrected chi connectivity index (χ3v) is 3.98. The highest BCUT2D eigenvalue weighted by molar-refractivity contribution is 6.07. The van der Waals surface area contributed by atoms with Crippen LogP contribution in [0.15, 0.2) is 18.2 Å². The maximum absolute atomic E-state index is 13.2. The number of hydrogen-bond donors (Lipinski definition) is 0. The van der Waals surface area contributed by atoms with E-state index in [-0.39, 0.29) is 25.3 Å². The second-order valence-corrected chi connectivity index (χ2v) is 7.22. The smallest absolute Gasteiger partial charge is 0.410 e. The van der Waals surface area contributed by atoms with E-state index in [1.807, 2.05) is 0 Å². The van der Waals surface area contributed by atoms with Crippen molar-refractivity contribution in [3.8, 4) is 11.5 Å². The zero-order chi connectivity index (χ0) is 22.2. The highest BCUT2D eigenvalue weighted by Gasteiger charge is 2.37. The number of carbonyl (C=O) groups is 3. The molecule has 1 unspecified atom stereocenters. The number of nitrogens with zero attached hydrogens (tertiary/aromatic N) is 1. The normalized spacial score (nSPS) is 12.0. The number of benzene rings is 1. The van der Waals surface area contributed by atoms with Crippen LogP contribution in [0.25, 0.3) is 0 Å². The minimum atomic E-state index is -1.31. The van der Waals surface area contributed by atoms with Crippen molar-refractivity contribution in [1.29, 1.82) is 0 Å². The molecule has 1 amide bonds. The molecule has 0 heterocycles. The molecule has 1 rings (SSSR count). The van der Waals surface area contributed by atoms with Gasteiger partial charge in [0.15, 0.2) is 5.78 Å². The van der Waals surface area contributed by atoms with Crippen molar-refractivity contribution in [2.24, 2.45) is 0 Å². The zero-order valence-corrected chi connectivity index (χ0v) is 18.2. The number of methoxy groups -OCH3 is 2. The fourth-order valence-electron chi connectivity index (χ4n) is 2.71. The van der Waals surface area contributed by atoms with Crippen LogP contribution in [-0.4, -0.2) is 62.3 Å². The van der Waals surface area contributed by atoms with E-state index in [0.29, 0.717) is 11.5 Å². The number of ether oxygens (including phenoxy) is 4. The first kappa shape index (κ1) is 24.3. The van der Waals surface area contributed by atoms with Gasteiger partial charge in [-0.05, 0) is 46.8 Å². The standard InChI is InChI=1S/C21H31NO7/c1-8-22(20(25)29-21(3,4)5)13-14(23)17(19(24)28-9-2)18-15(26-6)11-10-12-16(18)27-7/h10-12,17H,8-9,13H2,1-7H3. The van der Waals surface area contributed by atoms with Crippen LogP contribution in [-0.2, 0) is 19.1 Å². The van der Waals surface area contributed by atoms with Gasteiger partial charge in [0.1, 0.15) is 23.0 Å². The van der Waals surface area contributed by atoms with Gasteiger partial charge in [0.05, 0.1) is 32.9 Å². The Balaban J connectivity index is 3.31. The van der Waals surface area contributed by atoms with E-state index in [1.165, 1.54) is 19.1 Å². The number of carbonyl (C=O) groups excluding carboxylic acids is 3. The van der Waals surface area contributed by atoms with Crippen LogP contribution in [0.1, 0.15) is 46.1 Å². The lowest BCUT2D eigenvalue weighted by atomic mass is 9.92. The molecule has 8 nitrogen and oxygen atoms in total. The molecule has 0 fully saturated rings. The van der Waals surface area contributed by atoms with E-state index in [0.717, 1.165) is 0 Å². The molecule has 1 atom stereocenters. The molecule has 0 saturated heterocycles. The summed E-state index contributed by atoms with van der Waals surface area (Å²) in [5.74, 6) is -1.94. The summed E-state index contributed by atoms with van der Waals surface area (Å²) in [7, 11) is 2.87. The zero-order valence-electron chi connectivity index (χ0n) is 18.2. The minimum absolute atomic E-state index is 0.101. The molecule has 0 aliphatic heterocycles. The first-order chi connectivity index (χ1) is 13.6. The van der Waals surface area contributed by atoms with Crippen LogP contribution >= 0.6 is 0 Å². The molecule has 1 aromatic rings. The Hall–Kier alpha value is -2.77. The lowest BCUT2D eigenvalue weighted by Gasteiger charge is -2.27. The van der Waals surface area contributed by atoms with Crippen LogP contribution in [0.3, 0.4) is 0 Å². The second-order valence-electron chi connectivity index (χ2n) is 7.22. The van der Waals surface area contributed by atoms with E-state index in [2.05, 4.69) is 0 Å². The molecule has 0 aliphatic carbocycles. The molecule has 0 aliphatic rings. The molecule has 0 aromatic heterocycles. The molecule has 0 bridgehead atoms. The van der Waals surface area contributed by atoms with Gasteiger partial charge in [0, 0.05) is 6.54 Å². The maximum Gasteiger partial charge on any atom is 0.410 e. The van der Waals surface area contributed by atoms with Crippen molar-refractivity contribution in [2.75, 3.05) is 33.9 Å². The molecule has 1 aromatic carbocycles. The van der Waals surface area contributed by atoms with Gasteiger partial charge in [-0.1, -0.05) is 6.07 Å². The first-order valence-corrected chi connectivity index (χ1v) is 9.47. The number of amides is 1. The Bertz CT molecular complexity index is 702. The number of likely N-dealkylation sites (N-methyl/N-ethyl adjacent to an activating group) is 1. The number of hydrogen-bond acceptors (Lipinski definition) is 7. The summed E-state index contributed by atoms with van der Waals surface area (Å²) >= 11 is 0. The number of Topliss-reactive ketones (excluding diaryl/α,β-unsaturated/α-hetero) is 1. The molecule has 8 heteroatoms. The predicted molar refractivity (Wildman–Crippen MR) is 107 cm³/mol. The Morgan fingerprint density at radius 1 is 1.03 bits per heavy atom. The molecule has 0 N–H and O–H groups in total. The Morgan fingerprint density at radius 2 is 1.59 bits per heavy atom. The number of rotatable bonds is 9. The van der Waals surface area contributed by atoms with Gasteiger partial charge in [-0.3, -0.25) is 9.59 Å². The van der Waals surface area contributed by atoms with E-state index in [1.54, 1.807) is 52.8 Å². The fourth-order valence-corrected chi connectivity index (χ4v) is 2.71. The van der Waals surface area contributed by atoms with Crippen LogP contribution in [0.5, 0.6) is 11.5 Å². The lowest BCUT2D eigenvalue weighted by molar-refractivity contribution is -0.148. The summed E-state index contributed by atoms with van der Waals surface area (Å²) in [6.07, 6.45) is -0.636. The average Bonchev–Trinajstić information content (AvgIpc) is 2.65. The van der Waals surface area contributed by atoms with Crippen molar-refractivity contribution in [3.05, 3.63) is 23.8 Å². The van der Waals surface area contributed by atoms with Crippen molar-refractivity contribution >= 4 is 17.8 Å². The topological polar surface area (TPSA) is 91.4 Å². The summed E-state index contributed by atoms with van der Waals surface area (Å²) in [6, 6.07) is 4.94. The maximum atomic E-state index is 13.2. The highest BCUT2D eigenvalue weighted by Crippen LogP contribution is 2.36. The van der Waals surface area contributed by atoms with Gasteiger partial charge in [-0.25, -0.2) is 4.79 Å². The van der Waals surface area contributed by atoms with Crippen molar-refractivity contribution in [1.82, 2.24) is 4.90 Å².